The number of carbonyl (C=O) groups excluding carboxylic acids is 2. The molecule has 0 radical (unpaired) electrons. The first-order valence-corrected chi connectivity index (χ1v) is 6.76. The zero-order valence-corrected chi connectivity index (χ0v) is 12.1. The van der Waals surface area contributed by atoms with Crippen molar-refractivity contribution in [3.05, 3.63) is 0 Å². The molecule has 0 unspecified atom stereocenters. The molecule has 0 aromatic rings. The molecule has 0 saturated carbocycles. The molecule has 0 aromatic heterocycles. The van der Waals surface area contributed by atoms with Crippen LogP contribution in [0.5, 0.6) is 0 Å². The predicted octanol–water partition coefficient (Wildman–Crippen LogP) is -0.260. The molecule has 0 aromatic carbocycles. The van der Waals surface area contributed by atoms with Crippen molar-refractivity contribution >= 4 is 11.8 Å². The van der Waals surface area contributed by atoms with Gasteiger partial charge in [0, 0.05) is 31.6 Å². The lowest BCUT2D eigenvalue weighted by Gasteiger charge is -2.26. The van der Waals surface area contributed by atoms with Gasteiger partial charge in [0.25, 0.3) is 0 Å². The summed E-state index contributed by atoms with van der Waals surface area (Å²) in [6, 6.07) is 0. The predicted molar refractivity (Wildman–Crippen MR) is 72.8 cm³/mol. The van der Waals surface area contributed by atoms with Crippen LogP contribution >= 0.6 is 0 Å². The highest BCUT2D eigenvalue weighted by atomic mass is 16.5. The number of nitrogens with zero attached hydrogens (tertiary/aromatic N) is 1. The first-order chi connectivity index (χ1) is 8.88. The summed E-state index contributed by atoms with van der Waals surface area (Å²) in [6.45, 7) is 9.18. The van der Waals surface area contributed by atoms with Crippen LogP contribution in [-0.2, 0) is 14.3 Å². The SMILES string of the molecule is CC(C)(C)NCC(=O)NCCC(=O)N1CCOCC1. The van der Waals surface area contributed by atoms with Gasteiger partial charge < -0.3 is 20.3 Å². The van der Waals surface area contributed by atoms with E-state index < -0.39 is 0 Å². The van der Waals surface area contributed by atoms with Crippen molar-refractivity contribution in [2.75, 3.05) is 39.4 Å². The van der Waals surface area contributed by atoms with E-state index in [-0.39, 0.29) is 23.9 Å². The number of rotatable bonds is 5. The van der Waals surface area contributed by atoms with Gasteiger partial charge in [-0.25, -0.2) is 0 Å². The molecule has 1 heterocycles. The number of ether oxygens (including phenoxy) is 1. The smallest absolute Gasteiger partial charge is 0.233 e. The summed E-state index contributed by atoms with van der Waals surface area (Å²) in [6.07, 6.45) is 0.348. The largest absolute Gasteiger partial charge is 0.378 e. The van der Waals surface area contributed by atoms with Gasteiger partial charge in [0.1, 0.15) is 0 Å². The highest BCUT2D eigenvalue weighted by Gasteiger charge is 2.16. The Bertz CT molecular complexity index is 307. The van der Waals surface area contributed by atoms with E-state index in [1.54, 1.807) is 4.90 Å². The van der Waals surface area contributed by atoms with Crippen LogP contribution in [0.1, 0.15) is 27.2 Å². The zero-order valence-electron chi connectivity index (χ0n) is 12.1. The normalized spacial score (nSPS) is 16.3. The summed E-state index contributed by atoms with van der Waals surface area (Å²) < 4.78 is 5.18. The van der Waals surface area contributed by atoms with E-state index in [1.807, 2.05) is 20.8 Å². The lowest BCUT2D eigenvalue weighted by Crippen LogP contribution is -2.45. The van der Waals surface area contributed by atoms with E-state index in [0.717, 1.165) is 0 Å². The zero-order chi connectivity index (χ0) is 14.3. The molecule has 0 spiro atoms. The molecule has 0 aliphatic carbocycles. The van der Waals surface area contributed by atoms with Gasteiger partial charge in [-0.15, -0.1) is 0 Å². The standard InChI is InChI=1S/C13H25N3O3/c1-13(2,3)15-10-11(17)14-5-4-12(18)16-6-8-19-9-7-16/h15H,4-10H2,1-3H3,(H,14,17). The van der Waals surface area contributed by atoms with E-state index in [2.05, 4.69) is 10.6 Å². The number of amides is 2. The summed E-state index contributed by atoms with van der Waals surface area (Å²) >= 11 is 0. The third kappa shape index (κ3) is 7.12. The Morgan fingerprint density at radius 2 is 1.84 bits per heavy atom. The van der Waals surface area contributed by atoms with Crippen LogP contribution in [0.25, 0.3) is 0 Å². The second-order valence-corrected chi connectivity index (χ2v) is 5.70. The second-order valence-electron chi connectivity index (χ2n) is 5.70. The maximum atomic E-state index is 11.8. The van der Waals surface area contributed by atoms with Crippen LogP contribution in [0.3, 0.4) is 0 Å². The topological polar surface area (TPSA) is 70.7 Å². The Balaban J connectivity index is 2.12. The lowest BCUT2D eigenvalue weighted by molar-refractivity contribution is -0.135. The van der Waals surface area contributed by atoms with Gasteiger partial charge in [0.2, 0.25) is 11.8 Å². The van der Waals surface area contributed by atoms with Crippen LogP contribution in [0.4, 0.5) is 0 Å². The van der Waals surface area contributed by atoms with Crippen LogP contribution in [0.15, 0.2) is 0 Å². The molecule has 0 atom stereocenters. The Labute approximate surface area is 114 Å². The molecule has 2 N–H and O–H groups in total. The fourth-order valence-corrected chi connectivity index (χ4v) is 1.69. The summed E-state index contributed by atoms with van der Waals surface area (Å²) in [7, 11) is 0. The van der Waals surface area contributed by atoms with Gasteiger partial charge in [-0.1, -0.05) is 0 Å². The van der Waals surface area contributed by atoms with Crippen molar-refractivity contribution in [1.29, 1.82) is 0 Å². The van der Waals surface area contributed by atoms with Gasteiger partial charge >= 0.3 is 0 Å². The first-order valence-electron chi connectivity index (χ1n) is 6.76. The van der Waals surface area contributed by atoms with Crippen molar-refractivity contribution < 1.29 is 14.3 Å². The van der Waals surface area contributed by atoms with Gasteiger partial charge in [-0.05, 0) is 20.8 Å². The van der Waals surface area contributed by atoms with Crippen LogP contribution < -0.4 is 10.6 Å². The fourth-order valence-electron chi connectivity index (χ4n) is 1.69. The fraction of sp³-hybridized carbons (Fsp3) is 0.846. The first kappa shape index (κ1) is 15.9. The average Bonchev–Trinajstić information content (AvgIpc) is 2.36. The summed E-state index contributed by atoms with van der Waals surface area (Å²) in [5.41, 5.74) is -0.0824. The van der Waals surface area contributed by atoms with Crippen LogP contribution in [0, 0.1) is 0 Å². The van der Waals surface area contributed by atoms with E-state index in [0.29, 0.717) is 39.3 Å². The lowest BCUT2D eigenvalue weighted by atomic mass is 10.1. The van der Waals surface area contributed by atoms with Crippen molar-refractivity contribution in [3.8, 4) is 0 Å². The molecule has 2 amide bonds. The van der Waals surface area contributed by atoms with Crippen molar-refractivity contribution in [1.82, 2.24) is 15.5 Å². The van der Waals surface area contributed by atoms with Crippen LogP contribution in [-0.4, -0.2) is 61.6 Å². The van der Waals surface area contributed by atoms with Gasteiger partial charge in [0.15, 0.2) is 0 Å². The summed E-state index contributed by atoms with van der Waals surface area (Å²) in [5, 5.41) is 5.84. The van der Waals surface area contributed by atoms with Crippen molar-refractivity contribution in [3.63, 3.8) is 0 Å². The molecule has 1 rings (SSSR count). The molecule has 1 fully saturated rings. The molecule has 6 nitrogen and oxygen atoms in total. The third-order valence-corrected chi connectivity index (χ3v) is 2.80. The number of nitrogens with one attached hydrogen (secondary N) is 2. The van der Waals surface area contributed by atoms with Crippen LogP contribution in [0.2, 0.25) is 0 Å². The summed E-state index contributed by atoms with van der Waals surface area (Å²) in [5.74, 6) is -0.00270. The Kier molecular flexibility index (Phi) is 6.24. The molecular formula is C13H25N3O3. The van der Waals surface area contributed by atoms with E-state index in [1.165, 1.54) is 0 Å². The third-order valence-electron chi connectivity index (χ3n) is 2.80. The van der Waals surface area contributed by atoms with Crippen molar-refractivity contribution in [2.45, 2.75) is 32.7 Å². The number of hydrogen-bond donors (Lipinski definition) is 2. The monoisotopic (exact) mass is 271 g/mol. The Morgan fingerprint density at radius 3 is 2.42 bits per heavy atom. The van der Waals surface area contributed by atoms with Gasteiger partial charge in [-0.3, -0.25) is 9.59 Å². The number of morpholine rings is 1. The van der Waals surface area contributed by atoms with E-state index in [9.17, 15) is 9.59 Å². The second kappa shape index (κ2) is 7.45. The van der Waals surface area contributed by atoms with Gasteiger partial charge in [0.05, 0.1) is 19.8 Å². The minimum Gasteiger partial charge on any atom is -0.378 e. The quantitative estimate of drug-likeness (QED) is 0.723. The van der Waals surface area contributed by atoms with Gasteiger partial charge in [-0.2, -0.15) is 0 Å². The molecule has 1 aliphatic rings. The average molecular weight is 271 g/mol. The Hall–Kier alpha value is -1.14. The molecule has 1 saturated heterocycles. The highest BCUT2D eigenvalue weighted by molar-refractivity contribution is 5.80. The minimum absolute atomic E-state index is 0.0763. The van der Waals surface area contributed by atoms with E-state index in [4.69, 9.17) is 4.74 Å². The van der Waals surface area contributed by atoms with Crippen molar-refractivity contribution in [2.24, 2.45) is 0 Å². The molecule has 1 aliphatic heterocycles. The number of hydrogen-bond acceptors (Lipinski definition) is 4. The maximum absolute atomic E-state index is 11.8. The molecule has 6 heteroatoms. The molecule has 110 valence electrons. The minimum atomic E-state index is -0.0824. The Morgan fingerprint density at radius 1 is 1.21 bits per heavy atom. The summed E-state index contributed by atoms with van der Waals surface area (Å²) in [4.78, 5) is 25.1. The van der Waals surface area contributed by atoms with E-state index >= 15 is 0 Å². The molecular weight excluding hydrogens is 246 g/mol. The highest BCUT2D eigenvalue weighted by Crippen LogP contribution is 1.99. The molecule has 19 heavy (non-hydrogen) atoms. The molecule has 0 bridgehead atoms. The maximum Gasteiger partial charge on any atom is 0.233 e. The number of carbonyl (C=O) groups is 2.